The number of carbonyl (C=O) groups is 1. The Bertz CT molecular complexity index is 477. The van der Waals surface area contributed by atoms with Crippen molar-refractivity contribution in [3.63, 3.8) is 0 Å². The van der Waals surface area contributed by atoms with Crippen LogP contribution in [0.4, 0.5) is 4.39 Å². The average Bonchev–Trinajstić information content (AvgIpc) is 2.79. The maximum absolute atomic E-state index is 14.0. The lowest BCUT2D eigenvalue weighted by molar-refractivity contribution is -0.141. The molecule has 1 heterocycles. The summed E-state index contributed by atoms with van der Waals surface area (Å²) in [4.78, 5) is 10.8. The van der Waals surface area contributed by atoms with Crippen molar-refractivity contribution >= 4 is 5.97 Å². The van der Waals surface area contributed by atoms with Gasteiger partial charge in [-0.2, -0.15) is 0 Å². The Hall–Kier alpha value is -1.82. The molecular weight excluding hydrogens is 241 g/mol. The van der Waals surface area contributed by atoms with Gasteiger partial charge in [0.15, 0.2) is 17.3 Å². The minimum Gasteiger partial charge on any atom is -0.504 e. The molecular formula is C12H14FNO4. The number of halogens is 1. The van der Waals surface area contributed by atoms with E-state index < -0.39 is 17.7 Å². The summed E-state index contributed by atoms with van der Waals surface area (Å²) in [5.41, 5.74) is 0.313. The Kier molecular flexibility index (Phi) is 3.38. The fourth-order valence-electron chi connectivity index (χ4n) is 2.19. The third kappa shape index (κ3) is 2.11. The Balaban J connectivity index is 2.28. The van der Waals surface area contributed by atoms with Gasteiger partial charge in [0.05, 0.1) is 13.0 Å². The second-order valence-corrected chi connectivity index (χ2v) is 4.25. The van der Waals surface area contributed by atoms with E-state index in [9.17, 15) is 14.3 Å². The molecule has 0 radical (unpaired) electrons. The lowest BCUT2D eigenvalue weighted by Crippen LogP contribution is -2.17. The zero-order valence-electron chi connectivity index (χ0n) is 9.81. The minimum absolute atomic E-state index is 0.215. The minimum atomic E-state index is -0.892. The number of benzene rings is 1. The van der Waals surface area contributed by atoms with Crippen LogP contribution in [-0.4, -0.2) is 29.8 Å². The molecule has 1 aliphatic heterocycles. The molecule has 2 atom stereocenters. The first-order valence-electron chi connectivity index (χ1n) is 5.56. The third-order valence-electron chi connectivity index (χ3n) is 3.17. The van der Waals surface area contributed by atoms with E-state index in [-0.39, 0.29) is 17.5 Å². The van der Waals surface area contributed by atoms with E-state index in [1.54, 1.807) is 0 Å². The molecule has 1 aromatic rings. The Morgan fingerprint density at radius 2 is 2.28 bits per heavy atom. The summed E-state index contributed by atoms with van der Waals surface area (Å²) < 4.78 is 18.8. The van der Waals surface area contributed by atoms with Gasteiger partial charge in [0.1, 0.15) is 0 Å². The highest BCUT2D eigenvalue weighted by Crippen LogP contribution is 2.36. The van der Waals surface area contributed by atoms with Gasteiger partial charge in [0, 0.05) is 18.2 Å². The van der Waals surface area contributed by atoms with E-state index in [4.69, 9.17) is 9.84 Å². The number of phenols is 1. The summed E-state index contributed by atoms with van der Waals surface area (Å²) in [5.74, 6) is -2.55. The summed E-state index contributed by atoms with van der Waals surface area (Å²) in [5, 5.41) is 21.3. The number of carboxylic acids is 1. The summed E-state index contributed by atoms with van der Waals surface area (Å²) in [7, 11) is 1.27. The largest absolute Gasteiger partial charge is 0.504 e. The van der Waals surface area contributed by atoms with Crippen LogP contribution in [0, 0.1) is 11.7 Å². The van der Waals surface area contributed by atoms with Gasteiger partial charge in [-0.1, -0.05) is 6.07 Å². The summed E-state index contributed by atoms with van der Waals surface area (Å²) in [6.45, 7) is 0.308. The van der Waals surface area contributed by atoms with E-state index in [0.717, 1.165) is 0 Å². The number of ether oxygens (including phenoxy) is 1. The van der Waals surface area contributed by atoms with Crippen LogP contribution in [-0.2, 0) is 4.79 Å². The number of methoxy groups -OCH3 is 1. The predicted octanol–water partition coefficient (Wildman–Crippen LogP) is 1.28. The molecule has 1 aromatic carbocycles. The molecule has 6 heteroatoms. The zero-order valence-corrected chi connectivity index (χ0v) is 9.81. The normalized spacial score (nSPS) is 23.0. The van der Waals surface area contributed by atoms with Crippen molar-refractivity contribution in [1.82, 2.24) is 5.32 Å². The average molecular weight is 255 g/mol. The molecule has 3 N–H and O–H groups in total. The molecule has 5 nitrogen and oxygen atoms in total. The molecule has 0 aliphatic carbocycles. The third-order valence-corrected chi connectivity index (χ3v) is 3.17. The first kappa shape index (κ1) is 12.6. The topological polar surface area (TPSA) is 78.8 Å². The van der Waals surface area contributed by atoms with Crippen LogP contribution in [0.3, 0.4) is 0 Å². The van der Waals surface area contributed by atoms with E-state index in [2.05, 4.69) is 5.32 Å². The van der Waals surface area contributed by atoms with Crippen molar-refractivity contribution in [2.75, 3.05) is 13.7 Å². The first-order chi connectivity index (χ1) is 8.54. The molecule has 2 rings (SSSR count). The van der Waals surface area contributed by atoms with Gasteiger partial charge in [0.2, 0.25) is 0 Å². The quantitative estimate of drug-likeness (QED) is 0.758. The molecule has 1 fully saturated rings. The smallest absolute Gasteiger partial charge is 0.307 e. The van der Waals surface area contributed by atoms with Crippen LogP contribution in [0.25, 0.3) is 0 Å². The molecule has 2 unspecified atom stereocenters. The fraction of sp³-hybridized carbons (Fsp3) is 0.417. The van der Waals surface area contributed by atoms with Gasteiger partial charge in [-0.3, -0.25) is 4.79 Å². The van der Waals surface area contributed by atoms with Crippen LogP contribution in [0.15, 0.2) is 12.1 Å². The van der Waals surface area contributed by atoms with Crippen LogP contribution < -0.4 is 10.1 Å². The molecule has 0 bridgehead atoms. The fourth-order valence-corrected chi connectivity index (χ4v) is 2.19. The molecule has 18 heavy (non-hydrogen) atoms. The number of aromatic hydroxyl groups is 1. The van der Waals surface area contributed by atoms with Crippen molar-refractivity contribution in [2.45, 2.75) is 12.5 Å². The van der Waals surface area contributed by atoms with Crippen molar-refractivity contribution < 1.29 is 24.1 Å². The standard InChI is InChI=1S/C12H14FNO4/c1-18-11-9(15)3-2-7(10(11)13)8-4-6(5-14-8)12(16)17/h2-3,6,8,14-15H,4-5H2,1H3,(H,16,17). The summed E-state index contributed by atoms with van der Waals surface area (Å²) in [6, 6.07) is 2.41. The Morgan fingerprint density at radius 1 is 1.56 bits per heavy atom. The lowest BCUT2D eigenvalue weighted by atomic mass is 9.99. The Labute approximate surface area is 103 Å². The van der Waals surface area contributed by atoms with Gasteiger partial charge in [-0.05, 0) is 12.5 Å². The SMILES string of the molecule is COc1c(O)ccc(C2CC(C(=O)O)CN2)c1F. The molecule has 0 aromatic heterocycles. The van der Waals surface area contributed by atoms with E-state index in [1.165, 1.54) is 19.2 Å². The summed E-state index contributed by atoms with van der Waals surface area (Å²) >= 11 is 0. The van der Waals surface area contributed by atoms with Crippen molar-refractivity contribution in [2.24, 2.45) is 5.92 Å². The van der Waals surface area contributed by atoms with Gasteiger partial charge in [-0.25, -0.2) is 4.39 Å². The van der Waals surface area contributed by atoms with E-state index in [1.807, 2.05) is 0 Å². The second-order valence-electron chi connectivity index (χ2n) is 4.25. The van der Waals surface area contributed by atoms with Crippen LogP contribution in [0.1, 0.15) is 18.0 Å². The van der Waals surface area contributed by atoms with E-state index in [0.29, 0.717) is 18.5 Å². The number of aliphatic carboxylic acids is 1. The highest BCUT2D eigenvalue weighted by molar-refractivity contribution is 5.70. The molecule has 1 saturated heterocycles. The number of phenolic OH excluding ortho intramolecular Hbond substituents is 1. The maximum atomic E-state index is 14.0. The second kappa shape index (κ2) is 4.81. The highest BCUT2D eigenvalue weighted by Gasteiger charge is 2.32. The first-order valence-corrected chi connectivity index (χ1v) is 5.56. The van der Waals surface area contributed by atoms with Gasteiger partial charge in [-0.15, -0.1) is 0 Å². The highest BCUT2D eigenvalue weighted by atomic mass is 19.1. The van der Waals surface area contributed by atoms with Crippen molar-refractivity contribution in [1.29, 1.82) is 0 Å². The number of rotatable bonds is 3. The summed E-state index contributed by atoms with van der Waals surface area (Å²) in [6.07, 6.45) is 0.320. The van der Waals surface area contributed by atoms with E-state index >= 15 is 0 Å². The zero-order chi connectivity index (χ0) is 13.3. The van der Waals surface area contributed by atoms with Crippen molar-refractivity contribution in [3.8, 4) is 11.5 Å². The van der Waals surface area contributed by atoms with Gasteiger partial charge >= 0.3 is 5.97 Å². The molecule has 0 amide bonds. The van der Waals surface area contributed by atoms with Crippen LogP contribution in [0.2, 0.25) is 0 Å². The molecule has 98 valence electrons. The monoisotopic (exact) mass is 255 g/mol. The number of hydrogen-bond acceptors (Lipinski definition) is 4. The number of hydrogen-bond donors (Lipinski definition) is 3. The number of nitrogens with one attached hydrogen (secondary N) is 1. The molecule has 0 saturated carbocycles. The predicted molar refractivity (Wildman–Crippen MR) is 61.1 cm³/mol. The maximum Gasteiger partial charge on any atom is 0.307 e. The molecule has 1 aliphatic rings. The van der Waals surface area contributed by atoms with Crippen LogP contribution in [0.5, 0.6) is 11.5 Å². The number of carboxylic acid groups (broad SMARTS) is 1. The van der Waals surface area contributed by atoms with Crippen molar-refractivity contribution in [3.05, 3.63) is 23.5 Å². The Morgan fingerprint density at radius 3 is 2.83 bits per heavy atom. The van der Waals surface area contributed by atoms with Gasteiger partial charge in [0.25, 0.3) is 0 Å². The van der Waals surface area contributed by atoms with Crippen LogP contribution >= 0.6 is 0 Å². The molecule has 0 spiro atoms. The lowest BCUT2D eigenvalue weighted by Gasteiger charge is -2.14. The van der Waals surface area contributed by atoms with Gasteiger partial charge < -0.3 is 20.3 Å².